The highest BCUT2D eigenvalue weighted by Crippen LogP contribution is 2.42. The summed E-state index contributed by atoms with van der Waals surface area (Å²) >= 11 is 5.88. The molecule has 1 aliphatic carbocycles. The van der Waals surface area contributed by atoms with E-state index in [4.69, 9.17) is 17.0 Å². The number of pyridine rings is 1. The highest BCUT2D eigenvalue weighted by atomic mass is 32.1. The number of hydrogen-bond donors (Lipinski definition) is 1. The lowest BCUT2D eigenvalue weighted by atomic mass is 10.0. The zero-order valence-electron chi connectivity index (χ0n) is 20.6. The van der Waals surface area contributed by atoms with Gasteiger partial charge < -0.3 is 19.5 Å². The minimum atomic E-state index is -0.390. The molecular weight excluding hydrogens is 498 g/mol. The first-order chi connectivity index (χ1) is 18.6. The molecule has 2 aliphatic rings. The number of benzene rings is 2. The number of anilines is 1. The third-order valence-corrected chi connectivity index (χ3v) is 7.55. The first-order valence-corrected chi connectivity index (χ1v) is 13.2. The second-order valence-corrected chi connectivity index (χ2v) is 9.98. The Hall–Kier alpha value is -4.24. The van der Waals surface area contributed by atoms with Crippen LogP contribution in [0, 0.1) is 10.1 Å². The molecule has 2 aromatic heterocycles. The number of nitrogens with one attached hydrogen (secondary N) is 1. The van der Waals surface area contributed by atoms with Gasteiger partial charge in [0, 0.05) is 41.6 Å². The molecule has 9 heteroatoms. The van der Waals surface area contributed by atoms with Crippen LogP contribution in [-0.2, 0) is 0 Å². The molecule has 2 atom stereocenters. The van der Waals surface area contributed by atoms with E-state index in [2.05, 4.69) is 21.3 Å². The van der Waals surface area contributed by atoms with Crippen molar-refractivity contribution in [3.05, 3.63) is 113 Å². The van der Waals surface area contributed by atoms with Crippen molar-refractivity contribution in [1.82, 2.24) is 14.9 Å². The third kappa shape index (κ3) is 4.61. The van der Waals surface area contributed by atoms with Gasteiger partial charge in [0.1, 0.15) is 11.8 Å². The van der Waals surface area contributed by atoms with Crippen molar-refractivity contribution >= 4 is 28.7 Å². The summed E-state index contributed by atoms with van der Waals surface area (Å²) in [5.74, 6) is 0.866. The number of thiocarbonyl (C=S) groups is 1. The molecule has 1 saturated heterocycles. The minimum Gasteiger partial charge on any atom is -0.490 e. The van der Waals surface area contributed by atoms with Crippen molar-refractivity contribution in [3.8, 4) is 11.4 Å². The molecule has 3 heterocycles. The topological polar surface area (TPSA) is 85.5 Å². The van der Waals surface area contributed by atoms with Crippen LogP contribution in [0.1, 0.15) is 49.2 Å². The lowest BCUT2D eigenvalue weighted by molar-refractivity contribution is -0.384. The van der Waals surface area contributed by atoms with E-state index in [0.29, 0.717) is 11.2 Å². The summed E-state index contributed by atoms with van der Waals surface area (Å²) in [6, 6.07) is 24.2. The number of nitrogens with zero attached hydrogens (tertiary/aromatic N) is 4. The molecule has 0 bridgehead atoms. The normalized spacial score (nSPS) is 19.5. The number of nitro benzene ring substituents is 1. The van der Waals surface area contributed by atoms with Gasteiger partial charge in [-0.25, -0.2) is 0 Å². The molecule has 0 amide bonds. The van der Waals surface area contributed by atoms with Crippen LogP contribution in [0.3, 0.4) is 0 Å². The van der Waals surface area contributed by atoms with Gasteiger partial charge in [-0.3, -0.25) is 15.1 Å². The second kappa shape index (κ2) is 10.3. The summed E-state index contributed by atoms with van der Waals surface area (Å²) in [4.78, 5) is 17.5. The van der Waals surface area contributed by atoms with Gasteiger partial charge in [-0.15, -0.1) is 0 Å². The molecule has 8 nitrogen and oxygen atoms in total. The summed E-state index contributed by atoms with van der Waals surface area (Å²) in [7, 11) is 0. The highest BCUT2D eigenvalue weighted by Gasteiger charge is 2.42. The maximum Gasteiger partial charge on any atom is 0.269 e. The Labute approximate surface area is 226 Å². The molecule has 4 aromatic rings. The Morgan fingerprint density at radius 2 is 1.68 bits per heavy atom. The van der Waals surface area contributed by atoms with Crippen LogP contribution in [0.25, 0.3) is 5.69 Å². The van der Waals surface area contributed by atoms with Crippen LogP contribution < -0.4 is 15.0 Å². The van der Waals surface area contributed by atoms with Gasteiger partial charge in [0.05, 0.1) is 22.8 Å². The lowest BCUT2D eigenvalue weighted by Gasteiger charge is -2.29. The smallest absolute Gasteiger partial charge is 0.269 e. The van der Waals surface area contributed by atoms with Crippen molar-refractivity contribution in [2.75, 3.05) is 4.90 Å². The molecule has 2 fully saturated rings. The number of hydrogen-bond acceptors (Lipinski definition) is 5. The molecule has 38 heavy (non-hydrogen) atoms. The van der Waals surface area contributed by atoms with Crippen molar-refractivity contribution < 1.29 is 9.66 Å². The molecule has 1 saturated carbocycles. The monoisotopic (exact) mass is 525 g/mol. The summed E-state index contributed by atoms with van der Waals surface area (Å²) in [6.45, 7) is 0. The van der Waals surface area contributed by atoms with Crippen molar-refractivity contribution in [3.63, 3.8) is 0 Å². The van der Waals surface area contributed by atoms with Crippen molar-refractivity contribution in [1.29, 1.82) is 0 Å². The van der Waals surface area contributed by atoms with Gasteiger partial charge in [0.25, 0.3) is 5.69 Å². The van der Waals surface area contributed by atoms with E-state index in [1.54, 1.807) is 18.3 Å². The van der Waals surface area contributed by atoms with Crippen LogP contribution in [0.4, 0.5) is 11.4 Å². The van der Waals surface area contributed by atoms with Crippen LogP contribution in [0.5, 0.6) is 5.75 Å². The second-order valence-electron chi connectivity index (χ2n) is 9.59. The molecule has 1 N–H and O–H groups in total. The Morgan fingerprint density at radius 3 is 2.37 bits per heavy atom. The molecule has 0 spiro atoms. The van der Waals surface area contributed by atoms with Gasteiger partial charge in [0.2, 0.25) is 0 Å². The first kappa shape index (κ1) is 24.1. The Kier molecular flexibility index (Phi) is 6.51. The fourth-order valence-corrected chi connectivity index (χ4v) is 5.77. The number of ether oxygens (including phenoxy) is 1. The zero-order chi connectivity index (χ0) is 26.1. The molecule has 0 radical (unpaired) electrons. The van der Waals surface area contributed by atoms with E-state index in [0.717, 1.165) is 41.4 Å². The molecule has 1 aliphatic heterocycles. The average Bonchev–Trinajstić information content (AvgIpc) is 3.70. The predicted molar refractivity (Wildman–Crippen MR) is 150 cm³/mol. The van der Waals surface area contributed by atoms with Crippen LogP contribution in [0.15, 0.2) is 91.3 Å². The van der Waals surface area contributed by atoms with Gasteiger partial charge in [-0.05, 0) is 98.6 Å². The van der Waals surface area contributed by atoms with Crippen molar-refractivity contribution in [2.45, 2.75) is 43.9 Å². The minimum absolute atomic E-state index is 0.0547. The van der Waals surface area contributed by atoms with E-state index < -0.39 is 4.92 Å². The summed E-state index contributed by atoms with van der Waals surface area (Å²) in [6.07, 6.45) is 8.70. The molecule has 192 valence electrons. The Bertz CT molecular complexity index is 1430. The van der Waals surface area contributed by atoms with Crippen LogP contribution >= 0.6 is 12.2 Å². The van der Waals surface area contributed by atoms with Crippen LogP contribution in [-0.4, -0.2) is 25.7 Å². The average molecular weight is 526 g/mol. The van der Waals surface area contributed by atoms with Crippen molar-refractivity contribution in [2.24, 2.45) is 0 Å². The SMILES string of the molecule is O=[N+]([O-])c1ccc(-n2cccc2[C@@H]2[C@@H](c3ccccn3)NC(=S)N2c2ccc(OC3CCCC3)cc2)cc1. The highest BCUT2D eigenvalue weighted by molar-refractivity contribution is 7.80. The van der Waals surface area contributed by atoms with Gasteiger partial charge >= 0.3 is 0 Å². The maximum atomic E-state index is 11.2. The quantitative estimate of drug-likeness (QED) is 0.173. The van der Waals surface area contributed by atoms with E-state index >= 15 is 0 Å². The number of aromatic nitrogens is 2. The van der Waals surface area contributed by atoms with E-state index in [1.165, 1.54) is 25.0 Å². The summed E-state index contributed by atoms with van der Waals surface area (Å²) < 4.78 is 8.23. The largest absolute Gasteiger partial charge is 0.490 e. The fourth-order valence-electron chi connectivity index (χ4n) is 5.42. The van der Waals surface area contributed by atoms with Gasteiger partial charge in [0.15, 0.2) is 5.11 Å². The van der Waals surface area contributed by atoms with E-state index in [1.807, 2.05) is 59.3 Å². The zero-order valence-corrected chi connectivity index (χ0v) is 21.5. The maximum absolute atomic E-state index is 11.2. The van der Waals surface area contributed by atoms with E-state index in [9.17, 15) is 10.1 Å². The Balaban J connectivity index is 1.38. The predicted octanol–water partition coefficient (Wildman–Crippen LogP) is 6.28. The molecule has 6 rings (SSSR count). The van der Waals surface area contributed by atoms with Gasteiger partial charge in [-0.2, -0.15) is 0 Å². The van der Waals surface area contributed by atoms with E-state index in [-0.39, 0.29) is 17.8 Å². The summed E-state index contributed by atoms with van der Waals surface area (Å²) in [5, 5.41) is 15.3. The lowest BCUT2D eigenvalue weighted by Crippen LogP contribution is -2.30. The molecular formula is C29H27N5O3S. The summed E-state index contributed by atoms with van der Waals surface area (Å²) in [5.41, 5.74) is 3.68. The fraction of sp³-hybridized carbons (Fsp3) is 0.241. The molecule has 2 aromatic carbocycles. The Morgan fingerprint density at radius 1 is 0.947 bits per heavy atom. The number of nitro groups is 1. The third-order valence-electron chi connectivity index (χ3n) is 7.24. The standard InChI is InChI=1S/C29H27N5O3S/c35-34(36)22-12-10-20(11-13-22)32-19-5-9-26(32)28-27(25-8-3-4-18-30-25)31-29(38)33(28)21-14-16-24(17-15-21)37-23-6-1-2-7-23/h3-5,8-19,23,27-28H,1-2,6-7H2,(H,31,38)/t27-,28-/m1/s1. The van der Waals surface area contributed by atoms with Crippen LogP contribution in [0.2, 0.25) is 0 Å². The number of rotatable bonds is 7. The molecule has 0 unspecified atom stereocenters. The van der Waals surface area contributed by atoms with Gasteiger partial charge in [-0.1, -0.05) is 6.07 Å². The number of non-ortho nitro benzene ring substituents is 1. The first-order valence-electron chi connectivity index (χ1n) is 12.8.